The molecule has 2 aromatic carbocycles. The summed E-state index contributed by atoms with van der Waals surface area (Å²) in [5, 5.41) is 0. The number of piperazine rings is 1. The quantitative estimate of drug-likeness (QED) is 0.579. The topological polar surface area (TPSA) is 6.48 Å². The first kappa shape index (κ1) is 19.9. The van der Waals surface area contributed by atoms with Crippen molar-refractivity contribution >= 4 is 5.69 Å². The zero-order chi connectivity index (χ0) is 19.1. The van der Waals surface area contributed by atoms with Gasteiger partial charge in [-0.05, 0) is 61.4 Å². The number of unbranched alkanes of at least 4 members (excludes halogenated alkanes) is 2. The molecule has 0 atom stereocenters. The van der Waals surface area contributed by atoms with Gasteiger partial charge in [-0.1, -0.05) is 56.2 Å². The molecule has 1 saturated heterocycles. The van der Waals surface area contributed by atoms with Crippen LogP contribution in [0.3, 0.4) is 0 Å². The van der Waals surface area contributed by atoms with Crippen LogP contribution in [0.2, 0.25) is 0 Å². The van der Waals surface area contributed by atoms with Crippen LogP contribution in [-0.2, 0) is 12.8 Å². The van der Waals surface area contributed by atoms with E-state index in [2.05, 4.69) is 73.0 Å². The molecule has 3 rings (SSSR count). The Kier molecular flexibility index (Phi) is 7.34. The molecule has 1 heterocycles. The van der Waals surface area contributed by atoms with Gasteiger partial charge in [0.2, 0.25) is 0 Å². The molecule has 0 bridgehead atoms. The van der Waals surface area contributed by atoms with E-state index >= 15 is 0 Å². The van der Waals surface area contributed by atoms with Crippen LogP contribution in [0, 0.1) is 13.8 Å². The highest BCUT2D eigenvalue weighted by Crippen LogP contribution is 2.21. The molecule has 0 aromatic heterocycles. The second-order valence-electron chi connectivity index (χ2n) is 8.08. The molecule has 2 aromatic rings. The molecular formula is C25H36N2. The predicted molar refractivity (Wildman–Crippen MR) is 118 cm³/mol. The summed E-state index contributed by atoms with van der Waals surface area (Å²) in [6.07, 6.45) is 6.37. The standard InChI is InChI=1S/C25H36N2/c1-4-5-6-10-24-20-23(13-12-21(24)2)14-15-26-16-18-27(19-17-26)25-11-8-7-9-22(25)3/h7-9,11-13,20H,4-6,10,14-19H2,1-3H3. The largest absolute Gasteiger partial charge is 0.369 e. The van der Waals surface area contributed by atoms with Crippen LogP contribution in [0.4, 0.5) is 5.69 Å². The predicted octanol–water partition coefficient (Wildman–Crippen LogP) is 5.40. The van der Waals surface area contributed by atoms with Gasteiger partial charge in [-0.25, -0.2) is 0 Å². The van der Waals surface area contributed by atoms with Gasteiger partial charge < -0.3 is 4.90 Å². The van der Waals surface area contributed by atoms with Crippen LogP contribution in [0.1, 0.15) is 48.4 Å². The molecule has 0 unspecified atom stereocenters. The lowest BCUT2D eigenvalue weighted by Crippen LogP contribution is -2.47. The van der Waals surface area contributed by atoms with Crippen molar-refractivity contribution < 1.29 is 0 Å². The Hall–Kier alpha value is -1.80. The normalized spacial score (nSPS) is 15.3. The van der Waals surface area contributed by atoms with E-state index < -0.39 is 0 Å². The Labute approximate surface area is 166 Å². The molecule has 146 valence electrons. The molecule has 2 heteroatoms. The van der Waals surface area contributed by atoms with Crippen LogP contribution < -0.4 is 4.90 Å². The van der Waals surface area contributed by atoms with E-state index in [1.54, 1.807) is 5.56 Å². The highest BCUT2D eigenvalue weighted by atomic mass is 15.3. The fourth-order valence-corrected chi connectivity index (χ4v) is 4.13. The van der Waals surface area contributed by atoms with Crippen LogP contribution in [0.5, 0.6) is 0 Å². The SMILES string of the molecule is CCCCCc1cc(CCN2CCN(c3ccccc3C)CC2)ccc1C. The minimum absolute atomic E-state index is 1.14. The summed E-state index contributed by atoms with van der Waals surface area (Å²) < 4.78 is 0. The Morgan fingerprint density at radius 2 is 1.59 bits per heavy atom. The van der Waals surface area contributed by atoms with Gasteiger partial charge in [-0.2, -0.15) is 0 Å². The third-order valence-corrected chi connectivity index (χ3v) is 6.01. The summed E-state index contributed by atoms with van der Waals surface area (Å²) in [4.78, 5) is 5.18. The number of rotatable bonds is 8. The van der Waals surface area contributed by atoms with E-state index in [0.717, 1.165) is 13.1 Å². The summed E-state index contributed by atoms with van der Waals surface area (Å²) in [5.41, 5.74) is 7.33. The number of aryl methyl sites for hydroxylation is 3. The summed E-state index contributed by atoms with van der Waals surface area (Å²) in [6.45, 7) is 12.6. The van der Waals surface area contributed by atoms with Crippen molar-refractivity contribution in [1.29, 1.82) is 0 Å². The van der Waals surface area contributed by atoms with E-state index in [-0.39, 0.29) is 0 Å². The Bertz CT molecular complexity index is 714. The summed E-state index contributed by atoms with van der Waals surface area (Å²) in [5.74, 6) is 0. The van der Waals surface area contributed by atoms with Crippen molar-refractivity contribution in [2.45, 2.75) is 52.9 Å². The van der Waals surface area contributed by atoms with Crippen LogP contribution >= 0.6 is 0 Å². The fraction of sp³-hybridized carbons (Fsp3) is 0.520. The van der Waals surface area contributed by atoms with E-state index in [1.807, 2.05) is 0 Å². The van der Waals surface area contributed by atoms with Crippen molar-refractivity contribution in [3.8, 4) is 0 Å². The number of hydrogen-bond donors (Lipinski definition) is 0. The average Bonchev–Trinajstić information content (AvgIpc) is 2.69. The highest BCUT2D eigenvalue weighted by Gasteiger charge is 2.18. The first-order chi connectivity index (χ1) is 13.2. The van der Waals surface area contributed by atoms with Crippen molar-refractivity contribution in [3.63, 3.8) is 0 Å². The second-order valence-corrected chi connectivity index (χ2v) is 8.08. The van der Waals surface area contributed by atoms with Crippen molar-refractivity contribution in [2.24, 2.45) is 0 Å². The molecule has 1 fully saturated rings. The van der Waals surface area contributed by atoms with Crippen molar-refractivity contribution in [1.82, 2.24) is 4.90 Å². The molecule has 2 nitrogen and oxygen atoms in total. The summed E-state index contributed by atoms with van der Waals surface area (Å²) in [7, 11) is 0. The second kappa shape index (κ2) is 9.94. The Balaban J connectivity index is 1.49. The van der Waals surface area contributed by atoms with E-state index in [9.17, 15) is 0 Å². The number of anilines is 1. The monoisotopic (exact) mass is 364 g/mol. The molecule has 0 amide bonds. The first-order valence-electron chi connectivity index (χ1n) is 10.8. The minimum atomic E-state index is 1.14. The van der Waals surface area contributed by atoms with Gasteiger partial charge in [-0.15, -0.1) is 0 Å². The van der Waals surface area contributed by atoms with Crippen molar-refractivity contribution in [2.75, 3.05) is 37.6 Å². The Morgan fingerprint density at radius 1 is 0.815 bits per heavy atom. The fourth-order valence-electron chi connectivity index (χ4n) is 4.13. The molecule has 27 heavy (non-hydrogen) atoms. The zero-order valence-corrected chi connectivity index (χ0v) is 17.5. The molecule has 0 spiro atoms. The number of benzene rings is 2. The summed E-state index contributed by atoms with van der Waals surface area (Å²) >= 11 is 0. The van der Waals surface area contributed by atoms with Crippen LogP contribution in [-0.4, -0.2) is 37.6 Å². The maximum Gasteiger partial charge on any atom is 0.0396 e. The van der Waals surface area contributed by atoms with E-state index in [4.69, 9.17) is 0 Å². The Morgan fingerprint density at radius 3 is 2.33 bits per heavy atom. The van der Waals surface area contributed by atoms with Crippen LogP contribution in [0.25, 0.3) is 0 Å². The van der Waals surface area contributed by atoms with E-state index in [1.165, 1.54) is 74.1 Å². The van der Waals surface area contributed by atoms with Gasteiger partial charge in [0.05, 0.1) is 0 Å². The lowest BCUT2D eigenvalue weighted by atomic mass is 9.98. The minimum Gasteiger partial charge on any atom is -0.369 e. The van der Waals surface area contributed by atoms with E-state index in [0.29, 0.717) is 0 Å². The van der Waals surface area contributed by atoms with Crippen molar-refractivity contribution in [3.05, 3.63) is 64.7 Å². The lowest BCUT2D eigenvalue weighted by Gasteiger charge is -2.36. The third-order valence-electron chi connectivity index (χ3n) is 6.01. The van der Waals surface area contributed by atoms with Gasteiger partial charge in [0.1, 0.15) is 0 Å². The van der Waals surface area contributed by atoms with Crippen LogP contribution in [0.15, 0.2) is 42.5 Å². The number of hydrogen-bond acceptors (Lipinski definition) is 2. The molecule has 0 radical (unpaired) electrons. The lowest BCUT2D eigenvalue weighted by molar-refractivity contribution is 0.261. The maximum absolute atomic E-state index is 2.63. The molecule has 0 saturated carbocycles. The van der Waals surface area contributed by atoms with Gasteiger partial charge in [0, 0.05) is 38.4 Å². The molecule has 0 aliphatic carbocycles. The average molecular weight is 365 g/mol. The van der Waals surface area contributed by atoms with Gasteiger partial charge in [0.15, 0.2) is 0 Å². The summed E-state index contributed by atoms with van der Waals surface area (Å²) in [6, 6.07) is 15.9. The highest BCUT2D eigenvalue weighted by molar-refractivity contribution is 5.53. The molecule has 1 aliphatic heterocycles. The van der Waals surface area contributed by atoms with Gasteiger partial charge in [-0.3, -0.25) is 4.90 Å². The molecule has 1 aliphatic rings. The maximum atomic E-state index is 2.63. The van der Waals surface area contributed by atoms with Gasteiger partial charge in [0.25, 0.3) is 0 Å². The zero-order valence-electron chi connectivity index (χ0n) is 17.5. The number of para-hydroxylation sites is 1. The molecular weight excluding hydrogens is 328 g/mol. The molecule has 0 N–H and O–H groups in total. The first-order valence-corrected chi connectivity index (χ1v) is 10.8. The van der Waals surface area contributed by atoms with Gasteiger partial charge >= 0.3 is 0 Å². The number of nitrogens with zero attached hydrogens (tertiary/aromatic N) is 2. The smallest absolute Gasteiger partial charge is 0.0396 e. The third kappa shape index (κ3) is 5.59.